The van der Waals surface area contributed by atoms with Gasteiger partial charge in [-0.2, -0.15) is 4.40 Å². The Morgan fingerprint density at radius 1 is 1.20 bits per heavy atom. The standard InChI is InChI=1S/C15H12N5/c1-18-12-3-5-17-7-13(12)20-14(18)9-19-8-10-6-16-4-2-11(10)15(19)20/h2-7,9H,8H2,1H3/q+1/i1D3. The summed E-state index contributed by atoms with van der Waals surface area (Å²) in [6.07, 6.45) is 8.84. The normalized spacial score (nSPS) is 15.9. The van der Waals surface area contributed by atoms with Gasteiger partial charge in [-0.05, 0) is 12.1 Å². The lowest BCUT2D eigenvalue weighted by Gasteiger charge is -1.92. The molecule has 0 bridgehead atoms. The van der Waals surface area contributed by atoms with Gasteiger partial charge in [0.15, 0.2) is 11.7 Å². The Hall–Kier alpha value is -2.69. The molecule has 5 heterocycles. The highest BCUT2D eigenvalue weighted by Gasteiger charge is 2.32. The maximum atomic E-state index is 7.90. The van der Waals surface area contributed by atoms with Crippen molar-refractivity contribution in [3.05, 3.63) is 48.7 Å². The van der Waals surface area contributed by atoms with Gasteiger partial charge in [-0.25, -0.2) is 4.57 Å². The molecule has 0 aromatic carbocycles. The lowest BCUT2D eigenvalue weighted by atomic mass is 10.2. The van der Waals surface area contributed by atoms with Crippen molar-refractivity contribution in [1.29, 1.82) is 0 Å². The average molecular weight is 265 g/mol. The Kier molecular flexibility index (Phi) is 1.27. The molecule has 0 radical (unpaired) electrons. The first kappa shape index (κ1) is 7.79. The van der Waals surface area contributed by atoms with Gasteiger partial charge in [-0.1, -0.05) is 0 Å². The van der Waals surface area contributed by atoms with E-state index in [0.29, 0.717) is 17.7 Å². The summed E-state index contributed by atoms with van der Waals surface area (Å²) in [7, 11) is 0. The first-order valence-electron chi connectivity index (χ1n) is 7.89. The number of hydrogen-bond acceptors (Lipinski definition) is 2. The molecule has 5 nitrogen and oxygen atoms in total. The number of aryl methyl sites for hydroxylation is 1. The quantitative estimate of drug-likeness (QED) is 0.398. The van der Waals surface area contributed by atoms with E-state index >= 15 is 0 Å². The minimum atomic E-state index is -2.25. The third-order valence-corrected chi connectivity index (χ3v) is 3.96. The second-order valence-electron chi connectivity index (χ2n) is 5.01. The first-order chi connectivity index (χ1) is 11.1. The highest BCUT2D eigenvalue weighted by atomic mass is 15.2. The molecule has 1 aliphatic rings. The van der Waals surface area contributed by atoms with Crippen LogP contribution >= 0.6 is 0 Å². The van der Waals surface area contributed by atoms with Crippen molar-refractivity contribution in [3.63, 3.8) is 0 Å². The van der Waals surface area contributed by atoms with Crippen LogP contribution in [0.5, 0.6) is 0 Å². The summed E-state index contributed by atoms with van der Waals surface area (Å²) >= 11 is 0. The Labute approximate surface area is 119 Å². The molecule has 5 heteroatoms. The van der Waals surface area contributed by atoms with Crippen LogP contribution in [0.15, 0.2) is 43.1 Å². The smallest absolute Gasteiger partial charge is 0.296 e. The summed E-state index contributed by atoms with van der Waals surface area (Å²) in [4.78, 5) is 8.36. The molecule has 96 valence electrons. The number of hydrogen-bond donors (Lipinski definition) is 0. The average Bonchev–Trinajstić information content (AvgIpc) is 3.11. The number of fused-ring (bicyclic) bond motifs is 7. The maximum absolute atomic E-state index is 7.90. The van der Waals surface area contributed by atoms with Crippen LogP contribution in [0, 0.1) is 0 Å². The van der Waals surface area contributed by atoms with E-state index < -0.39 is 6.98 Å². The number of nitrogens with zero attached hydrogens (tertiary/aromatic N) is 5. The van der Waals surface area contributed by atoms with Crippen molar-refractivity contribution >= 4 is 16.7 Å². The second kappa shape index (κ2) is 3.25. The van der Waals surface area contributed by atoms with Gasteiger partial charge in [0.2, 0.25) is 5.65 Å². The van der Waals surface area contributed by atoms with Crippen LogP contribution in [0.25, 0.3) is 28.1 Å². The lowest BCUT2D eigenvalue weighted by Crippen LogP contribution is -2.29. The molecule has 0 aliphatic carbocycles. The van der Waals surface area contributed by atoms with E-state index in [1.807, 2.05) is 22.9 Å². The third kappa shape index (κ3) is 1.02. The van der Waals surface area contributed by atoms with Gasteiger partial charge in [0.1, 0.15) is 6.54 Å². The van der Waals surface area contributed by atoms with Gasteiger partial charge in [0, 0.05) is 35.2 Å². The molecule has 4 aromatic rings. The number of imidazole rings is 2. The molecule has 0 atom stereocenters. The summed E-state index contributed by atoms with van der Waals surface area (Å²) in [6, 6.07) is 3.71. The molecule has 1 aliphatic heterocycles. The van der Waals surface area contributed by atoms with E-state index in [4.69, 9.17) is 4.11 Å². The van der Waals surface area contributed by atoms with Crippen molar-refractivity contribution in [2.75, 3.05) is 0 Å². The molecule has 0 spiro atoms. The minimum Gasteiger partial charge on any atom is -0.305 e. The molecule has 0 unspecified atom stereocenters. The third-order valence-electron chi connectivity index (χ3n) is 3.96. The largest absolute Gasteiger partial charge is 0.305 e. The maximum Gasteiger partial charge on any atom is 0.296 e. The molecular weight excluding hydrogens is 250 g/mol. The van der Waals surface area contributed by atoms with Crippen LogP contribution in [0.3, 0.4) is 0 Å². The molecule has 20 heavy (non-hydrogen) atoms. The number of aromatic nitrogens is 5. The SMILES string of the molecule is [2H]C([2H])([2H])n1c2ccncc2n2c3[n+](cc12)Cc1cnccc1-3. The van der Waals surface area contributed by atoms with Crippen LogP contribution in [0.4, 0.5) is 0 Å². The van der Waals surface area contributed by atoms with E-state index in [0.717, 1.165) is 22.5 Å². The number of pyridine rings is 2. The Bertz CT molecular complexity index is 1090. The van der Waals surface area contributed by atoms with Gasteiger partial charge in [-0.15, -0.1) is 0 Å². The van der Waals surface area contributed by atoms with E-state index in [9.17, 15) is 0 Å². The van der Waals surface area contributed by atoms with Gasteiger partial charge >= 0.3 is 0 Å². The summed E-state index contributed by atoms with van der Waals surface area (Å²) in [5, 5.41) is 0. The summed E-state index contributed by atoms with van der Waals surface area (Å²) in [5.74, 6) is 0.971. The minimum absolute atomic E-state index is 0.644. The zero-order valence-electron chi connectivity index (χ0n) is 13.5. The predicted octanol–water partition coefficient (Wildman–Crippen LogP) is 1.54. The van der Waals surface area contributed by atoms with Crippen LogP contribution in [-0.2, 0) is 13.5 Å². The summed E-state index contributed by atoms with van der Waals surface area (Å²) in [6.45, 7) is -1.55. The van der Waals surface area contributed by atoms with Crippen LogP contribution in [0.2, 0.25) is 0 Å². The second-order valence-corrected chi connectivity index (χ2v) is 5.01. The first-order valence-corrected chi connectivity index (χ1v) is 6.39. The van der Waals surface area contributed by atoms with E-state index in [2.05, 4.69) is 14.5 Å². The zero-order valence-corrected chi connectivity index (χ0v) is 10.5. The highest BCUT2D eigenvalue weighted by Crippen LogP contribution is 2.30. The van der Waals surface area contributed by atoms with Gasteiger partial charge < -0.3 is 4.57 Å². The van der Waals surface area contributed by atoms with Crippen LogP contribution < -0.4 is 4.57 Å². The van der Waals surface area contributed by atoms with E-state index in [-0.39, 0.29) is 0 Å². The Morgan fingerprint density at radius 2 is 2.10 bits per heavy atom. The predicted molar refractivity (Wildman–Crippen MR) is 74.2 cm³/mol. The van der Waals surface area contributed by atoms with Crippen LogP contribution in [0.1, 0.15) is 9.68 Å². The Balaban J connectivity index is 2.00. The fourth-order valence-electron chi connectivity index (χ4n) is 3.10. The monoisotopic (exact) mass is 265 g/mol. The fraction of sp³-hybridized carbons (Fsp3) is 0.133. The highest BCUT2D eigenvalue weighted by molar-refractivity contribution is 5.83. The van der Waals surface area contributed by atoms with E-state index in [1.165, 1.54) is 4.57 Å². The Morgan fingerprint density at radius 3 is 3.05 bits per heavy atom. The van der Waals surface area contributed by atoms with Crippen molar-refractivity contribution in [2.45, 2.75) is 6.54 Å². The molecule has 0 saturated heterocycles. The fourth-order valence-corrected chi connectivity index (χ4v) is 3.10. The molecule has 0 fully saturated rings. The van der Waals surface area contributed by atoms with Crippen LogP contribution in [-0.4, -0.2) is 18.9 Å². The molecule has 5 rings (SSSR count). The van der Waals surface area contributed by atoms with Crippen molar-refractivity contribution in [1.82, 2.24) is 18.9 Å². The van der Waals surface area contributed by atoms with Gasteiger partial charge in [0.05, 0.1) is 17.3 Å². The van der Waals surface area contributed by atoms with Crippen molar-refractivity contribution in [3.8, 4) is 11.4 Å². The molecule has 0 N–H and O–H groups in total. The molecular formula is C15H12N5+. The summed E-state index contributed by atoms with van der Waals surface area (Å²) < 4.78 is 29.1. The molecule has 0 saturated carbocycles. The number of rotatable bonds is 0. The topological polar surface area (TPSA) is 39.0 Å². The van der Waals surface area contributed by atoms with Gasteiger partial charge in [0.25, 0.3) is 5.82 Å². The molecule has 0 amide bonds. The summed E-state index contributed by atoms with van der Waals surface area (Å²) in [5.41, 5.74) is 4.30. The molecule has 4 aromatic heterocycles. The van der Waals surface area contributed by atoms with Crippen molar-refractivity contribution < 1.29 is 8.68 Å². The zero-order chi connectivity index (χ0) is 15.8. The van der Waals surface area contributed by atoms with Gasteiger partial charge in [-0.3, -0.25) is 9.97 Å². The van der Waals surface area contributed by atoms with E-state index in [1.54, 1.807) is 24.7 Å². The van der Waals surface area contributed by atoms with Crippen molar-refractivity contribution in [2.24, 2.45) is 6.98 Å². The lowest BCUT2D eigenvalue weighted by molar-refractivity contribution is -0.670.